The quantitative estimate of drug-likeness (QED) is 0.892. The van der Waals surface area contributed by atoms with Crippen molar-refractivity contribution in [1.82, 2.24) is 9.88 Å². The summed E-state index contributed by atoms with van der Waals surface area (Å²) in [5.74, 6) is -0.958. The molecule has 0 aromatic carbocycles. The zero-order valence-electron chi connectivity index (χ0n) is 13.6. The number of amides is 1. The summed E-state index contributed by atoms with van der Waals surface area (Å²) in [6, 6.07) is 3.64. The molecule has 1 amide bonds. The number of hydrogen-bond donors (Lipinski definition) is 1. The highest BCUT2D eigenvalue weighted by molar-refractivity contribution is 5.72. The average molecular weight is 322 g/mol. The highest BCUT2D eigenvalue weighted by Gasteiger charge is 2.49. The average Bonchev–Trinajstić information content (AvgIpc) is 2.39. The molecule has 1 aromatic heterocycles. The van der Waals surface area contributed by atoms with Gasteiger partial charge in [-0.3, -0.25) is 9.78 Å². The van der Waals surface area contributed by atoms with E-state index in [0.717, 1.165) is 5.56 Å². The van der Waals surface area contributed by atoms with Crippen molar-refractivity contribution in [3.8, 4) is 0 Å². The van der Waals surface area contributed by atoms with Crippen molar-refractivity contribution in [2.75, 3.05) is 13.1 Å². The molecular formula is C16H22N2O5. The predicted molar refractivity (Wildman–Crippen MR) is 81.8 cm³/mol. The smallest absolute Gasteiger partial charge is 0.410 e. The number of aromatic nitrogens is 1. The number of hydrogen-bond acceptors (Lipinski definition) is 5. The van der Waals surface area contributed by atoms with E-state index < -0.39 is 23.3 Å². The van der Waals surface area contributed by atoms with E-state index in [1.54, 1.807) is 39.2 Å². The first kappa shape index (κ1) is 17.2. The molecule has 2 rings (SSSR count). The number of pyridine rings is 1. The van der Waals surface area contributed by atoms with Gasteiger partial charge in [0, 0.05) is 12.4 Å². The van der Waals surface area contributed by atoms with Crippen LogP contribution in [0.4, 0.5) is 4.79 Å². The van der Waals surface area contributed by atoms with Crippen LogP contribution >= 0.6 is 0 Å². The normalized spacial score (nSPS) is 16.6. The van der Waals surface area contributed by atoms with Gasteiger partial charge >= 0.3 is 12.1 Å². The van der Waals surface area contributed by atoms with Crippen LogP contribution in [-0.4, -0.2) is 51.3 Å². The van der Waals surface area contributed by atoms with Gasteiger partial charge in [-0.1, -0.05) is 6.07 Å². The van der Waals surface area contributed by atoms with Crippen molar-refractivity contribution in [1.29, 1.82) is 0 Å². The lowest BCUT2D eigenvalue weighted by Crippen LogP contribution is -2.65. The first-order valence-corrected chi connectivity index (χ1v) is 7.42. The maximum absolute atomic E-state index is 12.0. The highest BCUT2D eigenvalue weighted by Crippen LogP contribution is 2.31. The minimum Gasteiger partial charge on any atom is -0.481 e. The Kier molecular flexibility index (Phi) is 4.89. The van der Waals surface area contributed by atoms with E-state index in [2.05, 4.69) is 4.98 Å². The molecule has 7 nitrogen and oxygen atoms in total. The van der Waals surface area contributed by atoms with Gasteiger partial charge in [0.25, 0.3) is 0 Å². The first-order valence-electron chi connectivity index (χ1n) is 7.42. The number of likely N-dealkylation sites (tertiary alicyclic amines) is 1. The lowest BCUT2D eigenvalue weighted by molar-refractivity contribution is -0.170. The third-order valence-corrected chi connectivity index (χ3v) is 3.35. The largest absolute Gasteiger partial charge is 0.481 e. The number of carboxylic acids is 1. The Labute approximate surface area is 135 Å². The summed E-state index contributed by atoms with van der Waals surface area (Å²) < 4.78 is 11.1. The summed E-state index contributed by atoms with van der Waals surface area (Å²) in [6.45, 7) is 6.02. The lowest BCUT2D eigenvalue weighted by Gasteiger charge is -2.48. The fraction of sp³-hybridized carbons (Fsp3) is 0.562. The van der Waals surface area contributed by atoms with Gasteiger partial charge in [0.05, 0.1) is 26.1 Å². The number of ether oxygens (including phenoxy) is 2. The molecule has 1 aliphatic rings. The van der Waals surface area contributed by atoms with Gasteiger partial charge in [-0.05, 0) is 32.4 Å². The summed E-state index contributed by atoms with van der Waals surface area (Å²) >= 11 is 0. The molecule has 1 N–H and O–H groups in total. The third-order valence-electron chi connectivity index (χ3n) is 3.35. The number of nitrogens with zero attached hydrogens (tertiary/aromatic N) is 2. The monoisotopic (exact) mass is 322 g/mol. The molecule has 23 heavy (non-hydrogen) atoms. The Balaban J connectivity index is 1.94. The van der Waals surface area contributed by atoms with E-state index in [1.165, 1.54) is 4.90 Å². The van der Waals surface area contributed by atoms with Crippen molar-refractivity contribution in [3.63, 3.8) is 0 Å². The van der Waals surface area contributed by atoms with E-state index in [4.69, 9.17) is 14.6 Å². The van der Waals surface area contributed by atoms with Crippen LogP contribution in [0.3, 0.4) is 0 Å². The molecule has 1 saturated heterocycles. The fourth-order valence-electron chi connectivity index (χ4n) is 2.35. The molecule has 0 unspecified atom stereocenters. The number of carbonyl (C=O) groups is 2. The maximum Gasteiger partial charge on any atom is 0.410 e. The van der Waals surface area contributed by atoms with E-state index in [0.29, 0.717) is 0 Å². The summed E-state index contributed by atoms with van der Waals surface area (Å²) in [5, 5.41) is 9.10. The number of aliphatic carboxylic acids is 1. The van der Waals surface area contributed by atoms with Crippen LogP contribution in [-0.2, 0) is 20.9 Å². The molecule has 2 heterocycles. The molecule has 0 radical (unpaired) electrons. The molecule has 0 spiro atoms. The zero-order valence-corrected chi connectivity index (χ0v) is 13.6. The summed E-state index contributed by atoms with van der Waals surface area (Å²) in [4.78, 5) is 28.5. The number of rotatable bonds is 5. The Morgan fingerprint density at radius 3 is 2.61 bits per heavy atom. The van der Waals surface area contributed by atoms with Crippen molar-refractivity contribution in [2.45, 2.75) is 45.0 Å². The highest BCUT2D eigenvalue weighted by atomic mass is 16.6. The van der Waals surface area contributed by atoms with Crippen molar-refractivity contribution < 1.29 is 24.2 Å². The molecule has 0 bridgehead atoms. The molecule has 0 saturated carbocycles. The first-order chi connectivity index (χ1) is 10.7. The standard InChI is InChI=1S/C16H22N2O5/c1-15(2,3)23-14(21)18-10-16(11-18,7-13(19)20)22-9-12-5-4-6-17-8-12/h4-6,8H,7,9-11H2,1-3H3,(H,19,20). The zero-order chi connectivity index (χ0) is 17.1. The Morgan fingerprint density at radius 2 is 2.09 bits per heavy atom. The Hall–Kier alpha value is -2.15. The van der Waals surface area contributed by atoms with Crippen LogP contribution in [0, 0.1) is 0 Å². The molecule has 126 valence electrons. The Bertz CT molecular complexity index is 562. The molecule has 1 aliphatic heterocycles. The number of carbonyl (C=O) groups excluding carboxylic acids is 1. The van der Waals surface area contributed by atoms with Gasteiger partial charge in [0.15, 0.2) is 0 Å². The molecule has 7 heteroatoms. The van der Waals surface area contributed by atoms with E-state index >= 15 is 0 Å². The number of carboxylic acid groups (broad SMARTS) is 1. The predicted octanol–water partition coefficient (Wildman–Crippen LogP) is 2.06. The van der Waals surface area contributed by atoms with Crippen LogP contribution in [0.1, 0.15) is 32.8 Å². The molecular weight excluding hydrogens is 300 g/mol. The molecule has 0 aliphatic carbocycles. The lowest BCUT2D eigenvalue weighted by atomic mass is 9.90. The fourth-order valence-corrected chi connectivity index (χ4v) is 2.35. The second-order valence-corrected chi connectivity index (χ2v) is 6.74. The SMILES string of the molecule is CC(C)(C)OC(=O)N1CC(CC(=O)O)(OCc2cccnc2)C1. The van der Waals surface area contributed by atoms with Gasteiger partial charge in [0.2, 0.25) is 0 Å². The third kappa shape index (κ3) is 4.92. The Morgan fingerprint density at radius 1 is 1.39 bits per heavy atom. The summed E-state index contributed by atoms with van der Waals surface area (Å²) in [7, 11) is 0. The van der Waals surface area contributed by atoms with Crippen molar-refractivity contribution in [3.05, 3.63) is 30.1 Å². The second-order valence-electron chi connectivity index (χ2n) is 6.74. The van der Waals surface area contributed by atoms with E-state index in [1.807, 2.05) is 6.07 Å². The molecule has 1 aromatic rings. The van der Waals surface area contributed by atoms with Crippen LogP contribution in [0.2, 0.25) is 0 Å². The maximum atomic E-state index is 12.0. The summed E-state index contributed by atoms with van der Waals surface area (Å²) in [6.07, 6.45) is 2.71. The molecule has 1 fully saturated rings. The van der Waals surface area contributed by atoms with Gasteiger partial charge < -0.3 is 19.5 Å². The van der Waals surface area contributed by atoms with Gasteiger partial charge in [-0.25, -0.2) is 4.79 Å². The van der Waals surface area contributed by atoms with E-state index in [9.17, 15) is 9.59 Å². The minimum atomic E-state index is -0.958. The summed E-state index contributed by atoms with van der Waals surface area (Å²) in [5.41, 5.74) is -0.606. The van der Waals surface area contributed by atoms with Gasteiger partial charge in [0.1, 0.15) is 11.2 Å². The van der Waals surface area contributed by atoms with Crippen LogP contribution in [0.5, 0.6) is 0 Å². The van der Waals surface area contributed by atoms with Gasteiger partial charge in [-0.2, -0.15) is 0 Å². The van der Waals surface area contributed by atoms with Crippen LogP contribution in [0.15, 0.2) is 24.5 Å². The van der Waals surface area contributed by atoms with Crippen LogP contribution in [0.25, 0.3) is 0 Å². The van der Waals surface area contributed by atoms with Gasteiger partial charge in [-0.15, -0.1) is 0 Å². The van der Waals surface area contributed by atoms with E-state index in [-0.39, 0.29) is 26.1 Å². The minimum absolute atomic E-state index is 0.160. The van der Waals surface area contributed by atoms with Crippen molar-refractivity contribution in [2.24, 2.45) is 0 Å². The van der Waals surface area contributed by atoms with Crippen molar-refractivity contribution >= 4 is 12.1 Å². The van der Waals surface area contributed by atoms with Crippen LogP contribution < -0.4 is 0 Å². The second kappa shape index (κ2) is 6.54. The molecule has 0 atom stereocenters. The topological polar surface area (TPSA) is 89.0 Å².